The second-order valence-electron chi connectivity index (χ2n) is 3.23. The Hall–Kier alpha value is -0.930. The average Bonchev–Trinajstić information content (AvgIpc) is 2.73. The molecule has 0 aromatic carbocycles. The lowest BCUT2D eigenvalue weighted by atomic mass is 10.1. The fraction of sp³-hybridized carbons (Fsp3) is 0.182. The molecule has 2 rings (SSSR count). The van der Waals surface area contributed by atoms with E-state index in [1.807, 2.05) is 36.1 Å². The van der Waals surface area contributed by atoms with Crippen LogP contribution in [-0.4, -0.2) is 5.78 Å². The number of aryl methyl sites for hydroxylation is 2. The number of carbonyl (C=O) groups excluding carboxylic acids is 1. The number of thiophene rings is 2. The van der Waals surface area contributed by atoms with Gasteiger partial charge in [0.2, 0.25) is 5.78 Å². The molecule has 3 heteroatoms. The van der Waals surface area contributed by atoms with E-state index in [0.29, 0.717) is 0 Å². The Bertz CT molecular complexity index is 423. The molecule has 0 radical (unpaired) electrons. The smallest absolute Gasteiger partial charge is 0.204 e. The maximum atomic E-state index is 12.0. The van der Waals surface area contributed by atoms with Crippen molar-refractivity contribution in [1.82, 2.24) is 0 Å². The zero-order valence-electron chi connectivity index (χ0n) is 8.03. The summed E-state index contributed by atoms with van der Waals surface area (Å²) >= 11 is 3.10. The van der Waals surface area contributed by atoms with Crippen molar-refractivity contribution in [3.8, 4) is 0 Å². The minimum absolute atomic E-state index is 0.163. The van der Waals surface area contributed by atoms with Crippen molar-refractivity contribution in [2.45, 2.75) is 13.8 Å². The van der Waals surface area contributed by atoms with E-state index >= 15 is 0 Å². The van der Waals surface area contributed by atoms with Crippen molar-refractivity contribution in [3.05, 3.63) is 43.8 Å². The second kappa shape index (κ2) is 3.67. The van der Waals surface area contributed by atoms with Gasteiger partial charge in [0.25, 0.3) is 0 Å². The summed E-state index contributed by atoms with van der Waals surface area (Å²) < 4.78 is 0. The van der Waals surface area contributed by atoms with Gasteiger partial charge in [-0.15, -0.1) is 11.3 Å². The third-order valence-corrected chi connectivity index (χ3v) is 4.05. The molecule has 0 bridgehead atoms. The highest BCUT2D eigenvalue weighted by molar-refractivity contribution is 7.12. The lowest BCUT2D eigenvalue weighted by molar-refractivity contribution is 0.104. The van der Waals surface area contributed by atoms with Crippen LogP contribution in [0.25, 0.3) is 0 Å². The Labute approximate surface area is 91.0 Å². The van der Waals surface area contributed by atoms with Gasteiger partial charge in [-0.3, -0.25) is 4.79 Å². The minimum atomic E-state index is 0.163. The lowest BCUT2D eigenvalue weighted by Crippen LogP contribution is -2.00. The monoisotopic (exact) mass is 222 g/mol. The van der Waals surface area contributed by atoms with Gasteiger partial charge in [0.15, 0.2) is 0 Å². The molecule has 0 aliphatic heterocycles. The number of rotatable bonds is 2. The Morgan fingerprint density at radius 1 is 1.21 bits per heavy atom. The summed E-state index contributed by atoms with van der Waals surface area (Å²) in [6.45, 7) is 3.96. The number of carbonyl (C=O) groups is 1. The zero-order valence-corrected chi connectivity index (χ0v) is 9.67. The minimum Gasteiger partial charge on any atom is -0.288 e. The van der Waals surface area contributed by atoms with Crippen molar-refractivity contribution in [2.24, 2.45) is 0 Å². The lowest BCUT2D eigenvalue weighted by Gasteiger charge is -1.97. The van der Waals surface area contributed by atoms with Crippen LogP contribution in [0, 0.1) is 13.8 Å². The summed E-state index contributed by atoms with van der Waals surface area (Å²) in [5.74, 6) is 0.163. The highest BCUT2D eigenvalue weighted by atomic mass is 32.1. The van der Waals surface area contributed by atoms with Crippen LogP contribution in [0.1, 0.15) is 26.4 Å². The van der Waals surface area contributed by atoms with E-state index in [1.165, 1.54) is 11.3 Å². The van der Waals surface area contributed by atoms with E-state index in [0.717, 1.165) is 21.6 Å². The Morgan fingerprint density at radius 3 is 2.50 bits per heavy atom. The molecule has 0 spiro atoms. The van der Waals surface area contributed by atoms with Crippen molar-refractivity contribution < 1.29 is 4.79 Å². The van der Waals surface area contributed by atoms with Gasteiger partial charge in [0.05, 0.1) is 4.88 Å². The third kappa shape index (κ3) is 1.53. The number of hydrogen-bond donors (Lipinski definition) is 0. The summed E-state index contributed by atoms with van der Waals surface area (Å²) in [7, 11) is 0. The van der Waals surface area contributed by atoms with Crippen LogP contribution in [0.2, 0.25) is 0 Å². The maximum Gasteiger partial charge on any atom is 0.204 e. The first-order valence-electron chi connectivity index (χ1n) is 4.31. The van der Waals surface area contributed by atoms with Crippen LogP contribution in [-0.2, 0) is 0 Å². The molecule has 2 heterocycles. The second-order valence-corrected chi connectivity index (χ2v) is 4.89. The summed E-state index contributed by atoms with van der Waals surface area (Å²) in [6.07, 6.45) is 0. The normalized spacial score (nSPS) is 10.4. The molecule has 2 aromatic rings. The summed E-state index contributed by atoms with van der Waals surface area (Å²) in [4.78, 5) is 12.9. The summed E-state index contributed by atoms with van der Waals surface area (Å²) in [6, 6.07) is 1.99. The molecule has 1 nitrogen and oxygen atoms in total. The SMILES string of the molecule is Cc1cscc1C(=O)c1sccc1C. The standard InChI is InChI=1S/C11H10OS2/c1-7-3-4-14-11(7)10(12)9-6-13-5-8(9)2/h3-6H,1-2H3. The Morgan fingerprint density at radius 2 is 2.00 bits per heavy atom. The molecule has 0 saturated carbocycles. The third-order valence-electron chi connectivity index (χ3n) is 2.17. The average molecular weight is 222 g/mol. The number of hydrogen-bond acceptors (Lipinski definition) is 3. The molecule has 0 aliphatic rings. The van der Waals surface area contributed by atoms with Crippen molar-refractivity contribution >= 4 is 28.5 Å². The van der Waals surface area contributed by atoms with E-state index in [9.17, 15) is 4.79 Å². The van der Waals surface area contributed by atoms with Gasteiger partial charge in [-0.05, 0) is 41.8 Å². The molecule has 0 fully saturated rings. The predicted molar refractivity (Wildman–Crippen MR) is 61.5 cm³/mol. The van der Waals surface area contributed by atoms with Crippen molar-refractivity contribution in [3.63, 3.8) is 0 Å². The van der Waals surface area contributed by atoms with Gasteiger partial charge < -0.3 is 0 Å². The molecule has 0 atom stereocenters. The first-order valence-corrected chi connectivity index (χ1v) is 6.14. The molecule has 0 saturated heterocycles. The van der Waals surface area contributed by atoms with Crippen molar-refractivity contribution in [2.75, 3.05) is 0 Å². The van der Waals surface area contributed by atoms with Gasteiger partial charge in [-0.1, -0.05) is 0 Å². The van der Waals surface area contributed by atoms with Gasteiger partial charge >= 0.3 is 0 Å². The molecular weight excluding hydrogens is 212 g/mol. The van der Waals surface area contributed by atoms with Crippen LogP contribution in [0.4, 0.5) is 0 Å². The summed E-state index contributed by atoms with van der Waals surface area (Å²) in [5.41, 5.74) is 3.00. The maximum absolute atomic E-state index is 12.0. The molecule has 14 heavy (non-hydrogen) atoms. The molecule has 2 aromatic heterocycles. The molecule has 0 N–H and O–H groups in total. The van der Waals surface area contributed by atoms with Crippen LogP contribution >= 0.6 is 22.7 Å². The van der Waals surface area contributed by atoms with E-state index in [2.05, 4.69) is 0 Å². The van der Waals surface area contributed by atoms with Crippen LogP contribution in [0.3, 0.4) is 0 Å². The highest BCUT2D eigenvalue weighted by Gasteiger charge is 2.15. The van der Waals surface area contributed by atoms with E-state index in [1.54, 1.807) is 11.3 Å². The molecule has 0 amide bonds. The van der Waals surface area contributed by atoms with Gasteiger partial charge in [-0.25, -0.2) is 0 Å². The van der Waals surface area contributed by atoms with Crippen LogP contribution in [0.15, 0.2) is 22.2 Å². The Balaban J connectivity index is 2.44. The highest BCUT2D eigenvalue weighted by Crippen LogP contribution is 2.23. The zero-order chi connectivity index (χ0) is 10.1. The largest absolute Gasteiger partial charge is 0.288 e. The van der Waals surface area contributed by atoms with Gasteiger partial charge in [-0.2, -0.15) is 11.3 Å². The topological polar surface area (TPSA) is 17.1 Å². The fourth-order valence-electron chi connectivity index (χ4n) is 1.32. The molecular formula is C11H10OS2. The van der Waals surface area contributed by atoms with E-state index in [4.69, 9.17) is 0 Å². The number of ketones is 1. The van der Waals surface area contributed by atoms with Crippen LogP contribution < -0.4 is 0 Å². The van der Waals surface area contributed by atoms with Crippen molar-refractivity contribution in [1.29, 1.82) is 0 Å². The van der Waals surface area contributed by atoms with Gasteiger partial charge in [0.1, 0.15) is 0 Å². The summed E-state index contributed by atoms with van der Waals surface area (Å²) in [5, 5.41) is 5.90. The first kappa shape index (κ1) is 9.62. The van der Waals surface area contributed by atoms with Gasteiger partial charge in [0, 0.05) is 10.9 Å². The Kier molecular flexibility index (Phi) is 2.52. The quantitative estimate of drug-likeness (QED) is 0.709. The fourth-order valence-corrected chi connectivity index (χ4v) is 3.03. The van der Waals surface area contributed by atoms with E-state index in [-0.39, 0.29) is 5.78 Å². The molecule has 0 aliphatic carbocycles. The molecule has 0 unspecified atom stereocenters. The van der Waals surface area contributed by atoms with E-state index < -0.39 is 0 Å². The first-order chi connectivity index (χ1) is 6.70. The molecule has 72 valence electrons. The predicted octanol–water partition coefficient (Wildman–Crippen LogP) is 3.66. The van der Waals surface area contributed by atoms with Crippen LogP contribution in [0.5, 0.6) is 0 Å².